The summed E-state index contributed by atoms with van der Waals surface area (Å²) >= 11 is 18.2. The van der Waals surface area contributed by atoms with E-state index in [1.54, 1.807) is 18.3 Å². The summed E-state index contributed by atoms with van der Waals surface area (Å²) in [5.41, 5.74) is 1.71. The highest BCUT2D eigenvalue weighted by molar-refractivity contribution is 7.80. The number of rotatable bonds is 5. The molecule has 0 unspecified atom stereocenters. The third-order valence-electron chi connectivity index (χ3n) is 5.74. The van der Waals surface area contributed by atoms with Crippen molar-refractivity contribution in [1.29, 1.82) is 0 Å². The first-order chi connectivity index (χ1) is 15.1. The molecule has 31 heavy (non-hydrogen) atoms. The van der Waals surface area contributed by atoms with Crippen LogP contribution in [0.2, 0.25) is 10.0 Å². The van der Waals surface area contributed by atoms with Gasteiger partial charge in [-0.05, 0) is 67.5 Å². The number of aromatic nitrogens is 1. The van der Waals surface area contributed by atoms with Crippen molar-refractivity contribution in [3.8, 4) is 11.3 Å². The molecule has 4 heterocycles. The van der Waals surface area contributed by atoms with Gasteiger partial charge in [0.05, 0.1) is 22.9 Å². The predicted molar refractivity (Wildman–Crippen MR) is 125 cm³/mol. The first kappa shape index (κ1) is 20.8. The van der Waals surface area contributed by atoms with Crippen LogP contribution in [0.1, 0.15) is 36.4 Å². The highest BCUT2D eigenvalue weighted by atomic mass is 35.5. The minimum absolute atomic E-state index is 0.130. The Hall–Kier alpha value is -2.12. The van der Waals surface area contributed by atoms with Gasteiger partial charge >= 0.3 is 0 Å². The van der Waals surface area contributed by atoms with E-state index in [9.17, 15) is 0 Å². The summed E-state index contributed by atoms with van der Waals surface area (Å²) in [5.74, 6) is 1.48. The molecule has 0 amide bonds. The Bertz CT molecular complexity index is 1090. The zero-order chi connectivity index (χ0) is 21.4. The monoisotopic (exact) mass is 473 g/mol. The molecule has 0 bridgehead atoms. The average molecular weight is 474 g/mol. The molecule has 5 nitrogen and oxygen atoms in total. The molecule has 0 aliphatic carbocycles. The van der Waals surface area contributed by atoms with Gasteiger partial charge < -0.3 is 19.4 Å². The number of halogens is 2. The quantitative estimate of drug-likeness (QED) is 0.472. The van der Waals surface area contributed by atoms with E-state index in [1.807, 2.05) is 36.4 Å². The number of benzene rings is 1. The van der Waals surface area contributed by atoms with Crippen LogP contribution in [-0.2, 0) is 4.74 Å². The maximum absolute atomic E-state index is 6.41. The Morgan fingerprint density at radius 1 is 1.16 bits per heavy atom. The molecule has 2 aromatic heterocycles. The van der Waals surface area contributed by atoms with Crippen LogP contribution in [-0.4, -0.2) is 34.3 Å². The third-order valence-corrected chi connectivity index (χ3v) is 6.64. The van der Waals surface area contributed by atoms with Crippen molar-refractivity contribution in [3.05, 3.63) is 76.2 Å². The summed E-state index contributed by atoms with van der Waals surface area (Å²) in [6, 6.07) is 14.9. The molecule has 3 atom stereocenters. The van der Waals surface area contributed by atoms with Crippen LogP contribution < -0.4 is 5.32 Å². The average Bonchev–Trinajstić information content (AvgIpc) is 3.51. The molecule has 2 aliphatic heterocycles. The van der Waals surface area contributed by atoms with E-state index in [2.05, 4.69) is 15.2 Å². The molecule has 1 N–H and O–H groups in total. The van der Waals surface area contributed by atoms with Crippen LogP contribution in [0.4, 0.5) is 0 Å². The molecular weight excluding hydrogens is 453 g/mol. The summed E-state index contributed by atoms with van der Waals surface area (Å²) in [7, 11) is 0. The SMILES string of the molecule is S=C1N[C@H](c2ccccn2)[C@@H](c2ccc(-c3ccc(Cl)cc3Cl)o2)N1C[C@H]1CCCO1. The standard InChI is InChI=1S/C23H21Cl2N3O2S/c24-14-6-7-16(17(25)12-14)19-8-9-20(30-19)22-21(18-5-1-2-10-26-18)27-23(31)28(22)13-15-4-3-11-29-15/h1-2,5-10,12,15,21-22H,3-4,11,13H2,(H,27,31)/t15-,21-,22-/m1/s1. The van der Waals surface area contributed by atoms with Crippen molar-refractivity contribution in [1.82, 2.24) is 15.2 Å². The number of hydrogen-bond acceptors (Lipinski definition) is 4. The van der Waals surface area contributed by atoms with Gasteiger partial charge in [-0.1, -0.05) is 29.3 Å². The van der Waals surface area contributed by atoms with Crippen LogP contribution >= 0.6 is 35.4 Å². The molecule has 0 saturated carbocycles. The summed E-state index contributed by atoms with van der Waals surface area (Å²) in [6.45, 7) is 1.50. The zero-order valence-electron chi connectivity index (χ0n) is 16.6. The molecule has 2 aliphatic rings. The molecule has 160 valence electrons. The topological polar surface area (TPSA) is 50.5 Å². The number of furan rings is 1. The van der Waals surface area contributed by atoms with Gasteiger partial charge in [0.15, 0.2) is 5.11 Å². The van der Waals surface area contributed by atoms with Crippen LogP contribution in [0.25, 0.3) is 11.3 Å². The Morgan fingerprint density at radius 3 is 2.81 bits per heavy atom. The number of thiocarbonyl (C=S) groups is 1. The van der Waals surface area contributed by atoms with Crippen LogP contribution in [0, 0.1) is 0 Å². The number of pyridine rings is 1. The number of ether oxygens (including phenoxy) is 1. The maximum atomic E-state index is 6.41. The lowest BCUT2D eigenvalue weighted by atomic mass is 10.0. The highest BCUT2D eigenvalue weighted by Crippen LogP contribution is 2.42. The summed E-state index contributed by atoms with van der Waals surface area (Å²) in [6.07, 6.45) is 4.06. The van der Waals surface area contributed by atoms with E-state index in [1.165, 1.54) is 0 Å². The minimum Gasteiger partial charge on any atom is -0.459 e. The Labute approximate surface area is 196 Å². The highest BCUT2D eigenvalue weighted by Gasteiger charge is 2.42. The van der Waals surface area contributed by atoms with Gasteiger partial charge in [0.1, 0.15) is 17.6 Å². The number of nitrogens with zero attached hydrogens (tertiary/aromatic N) is 2. The van der Waals surface area contributed by atoms with Crippen molar-refractivity contribution in [3.63, 3.8) is 0 Å². The number of hydrogen-bond donors (Lipinski definition) is 1. The molecule has 5 rings (SSSR count). The molecule has 0 radical (unpaired) electrons. The van der Waals surface area contributed by atoms with Crippen molar-refractivity contribution in [2.45, 2.75) is 31.0 Å². The Balaban J connectivity index is 1.51. The van der Waals surface area contributed by atoms with Crippen LogP contribution in [0.3, 0.4) is 0 Å². The Kier molecular flexibility index (Phi) is 5.89. The molecule has 0 spiro atoms. The van der Waals surface area contributed by atoms with Crippen molar-refractivity contribution >= 4 is 40.5 Å². The van der Waals surface area contributed by atoms with E-state index in [0.29, 0.717) is 27.5 Å². The lowest BCUT2D eigenvalue weighted by Crippen LogP contribution is -2.36. The van der Waals surface area contributed by atoms with E-state index in [4.69, 9.17) is 44.6 Å². The third kappa shape index (κ3) is 4.17. The summed E-state index contributed by atoms with van der Waals surface area (Å²) in [5, 5.41) is 5.26. The zero-order valence-corrected chi connectivity index (χ0v) is 19.0. The fourth-order valence-corrected chi connectivity index (χ4v) is 5.08. The fraction of sp³-hybridized carbons (Fsp3) is 0.304. The van der Waals surface area contributed by atoms with Gasteiger partial charge in [-0.3, -0.25) is 4.98 Å². The largest absolute Gasteiger partial charge is 0.459 e. The molecule has 8 heteroatoms. The second-order valence-corrected chi connectivity index (χ2v) is 8.97. The predicted octanol–water partition coefficient (Wildman–Crippen LogP) is 5.80. The van der Waals surface area contributed by atoms with Gasteiger partial charge in [-0.2, -0.15) is 0 Å². The second-order valence-electron chi connectivity index (χ2n) is 7.74. The van der Waals surface area contributed by atoms with E-state index >= 15 is 0 Å². The van der Waals surface area contributed by atoms with Gasteiger partial charge in [-0.25, -0.2) is 0 Å². The molecule has 1 aromatic carbocycles. The lowest BCUT2D eigenvalue weighted by Gasteiger charge is -2.28. The maximum Gasteiger partial charge on any atom is 0.170 e. The molecule has 2 fully saturated rings. The van der Waals surface area contributed by atoms with E-state index in [-0.39, 0.29) is 18.2 Å². The molecular formula is C23H21Cl2N3O2S. The van der Waals surface area contributed by atoms with Gasteiger partial charge in [0, 0.05) is 29.9 Å². The first-order valence-electron chi connectivity index (χ1n) is 10.2. The van der Waals surface area contributed by atoms with Gasteiger partial charge in [-0.15, -0.1) is 0 Å². The second kappa shape index (κ2) is 8.79. The molecule has 3 aromatic rings. The number of nitrogens with one attached hydrogen (secondary N) is 1. The fourth-order valence-electron chi connectivity index (χ4n) is 4.26. The normalized spacial score (nSPS) is 23.4. The van der Waals surface area contributed by atoms with E-state index in [0.717, 1.165) is 36.5 Å². The summed E-state index contributed by atoms with van der Waals surface area (Å²) < 4.78 is 12.2. The minimum atomic E-state index is -0.147. The summed E-state index contributed by atoms with van der Waals surface area (Å²) in [4.78, 5) is 6.73. The van der Waals surface area contributed by atoms with Gasteiger partial charge in [0.2, 0.25) is 0 Å². The smallest absolute Gasteiger partial charge is 0.170 e. The first-order valence-corrected chi connectivity index (χ1v) is 11.4. The Morgan fingerprint density at radius 2 is 2.06 bits per heavy atom. The molecule has 2 saturated heterocycles. The van der Waals surface area contributed by atoms with E-state index < -0.39 is 0 Å². The van der Waals surface area contributed by atoms with Crippen molar-refractivity contribution in [2.75, 3.05) is 13.2 Å². The van der Waals surface area contributed by atoms with Crippen molar-refractivity contribution in [2.24, 2.45) is 0 Å². The van der Waals surface area contributed by atoms with Crippen LogP contribution in [0.5, 0.6) is 0 Å². The lowest BCUT2D eigenvalue weighted by molar-refractivity contribution is 0.0818. The van der Waals surface area contributed by atoms with Crippen molar-refractivity contribution < 1.29 is 9.15 Å². The van der Waals surface area contributed by atoms with Gasteiger partial charge in [0.25, 0.3) is 0 Å². The van der Waals surface area contributed by atoms with Crippen LogP contribution in [0.15, 0.2) is 59.1 Å².